The standard InChI is InChI=1S/C58H111NO5/c1-3-5-7-9-11-13-15-16-17-18-19-23-26-29-32-36-40-44-48-52-58(63)64-53-49-45-41-37-33-30-27-24-21-20-22-25-28-31-35-39-43-47-51-57(62)59-55(54-60)56(61)50-46-42-38-34-14-12-10-8-6-4-2/h16-17,46,50,55-56,60-61H,3-15,18-45,47-49,51-54H2,1-2H3,(H,59,62)/b17-16-,50-46+. The number of aliphatic hydroxyl groups excluding tert-OH is 2. The monoisotopic (exact) mass is 902 g/mol. The molecule has 0 bridgehead atoms. The molecule has 0 saturated carbocycles. The Labute approximate surface area is 399 Å². The minimum atomic E-state index is -0.845. The average Bonchev–Trinajstić information content (AvgIpc) is 3.29. The van der Waals surface area contributed by atoms with E-state index >= 15 is 0 Å². The first-order valence-electron chi connectivity index (χ1n) is 28.6. The molecule has 378 valence electrons. The number of rotatable bonds is 53. The summed E-state index contributed by atoms with van der Waals surface area (Å²) in [5.41, 5.74) is 0. The van der Waals surface area contributed by atoms with Gasteiger partial charge < -0.3 is 20.3 Å². The summed E-state index contributed by atoms with van der Waals surface area (Å²) in [5.74, 6) is -0.0675. The van der Waals surface area contributed by atoms with Crippen LogP contribution in [0.3, 0.4) is 0 Å². The third kappa shape index (κ3) is 49.8. The highest BCUT2D eigenvalue weighted by Crippen LogP contribution is 2.17. The molecule has 2 unspecified atom stereocenters. The summed E-state index contributed by atoms with van der Waals surface area (Å²) in [7, 11) is 0. The second kappa shape index (κ2) is 54.0. The smallest absolute Gasteiger partial charge is 0.305 e. The molecule has 1 amide bonds. The van der Waals surface area contributed by atoms with Crippen LogP contribution >= 0.6 is 0 Å². The lowest BCUT2D eigenvalue weighted by Gasteiger charge is -2.20. The number of carbonyl (C=O) groups excluding carboxylic acids is 2. The van der Waals surface area contributed by atoms with Gasteiger partial charge >= 0.3 is 5.97 Å². The van der Waals surface area contributed by atoms with E-state index in [1.807, 2.05) is 6.08 Å². The molecule has 0 aromatic carbocycles. The van der Waals surface area contributed by atoms with Crippen LogP contribution in [0.4, 0.5) is 0 Å². The molecular weight excluding hydrogens is 791 g/mol. The van der Waals surface area contributed by atoms with Gasteiger partial charge in [-0.15, -0.1) is 0 Å². The van der Waals surface area contributed by atoms with E-state index in [-0.39, 0.29) is 18.5 Å². The van der Waals surface area contributed by atoms with Crippen LogP contribution in [0.1, 0.15) is 309 Å². The zero-order valence-corrected chi connectivity index (χ0v) is 43.0. The van der Waals surface area contributed by atoms with Crippen molar-refractivity contribution in [2.24, 2.45) is 0 Å². The highest BCUT2D eigenvalue weighted by molar-refractivity contribution is 5.76. The first-order valence-corrected chi connectivity index (χ1v) is 28.6. The molecule has 0 rings (SSSR count). The minimum absolute atomic E-state index is 0.00592. The molecule has 0 aromatic rings. The van der Waals surface area contributed by atoms with E-state index in [2.05, 4.69) is 31.3 Å². The predicted molar refractivity (Wildman–Crippen MR) is 278 cm³/mol. The largest absolute Gasteiger partial charge is 0.466 e. The SMILES string of the molecule is CCCCCCCC/C=C\CCCCCCCCCCCC(=O)OCCCCCCCCCCCCCCCCCCCCC(=O)NC(CO)C(O)/C=C/CCCCCCCCCC. The van der Waals surface area contributed by atoms with Gasteiger partial charge in [0.15, 0.2) is 0 Å². The molecule has 2 atom stereocenters. The summed E-state index contributed by atoms with van der Waals surface area (Å²) in [4.78, 5) is 24.5. The normalized spacial score (nSPS) is 12.8. The quantitative estimate of drug-likeness (QED) is 0.0321. The van der Waals surface area contributed by atoms with Gasteiger partial charge in [0.1, 0.15) is 0 Å². The Morgan fingerprint density at radius 2 is 0.734 bits per heavy atom. The maximum atomic E-state index is 12.4. The van der Waals surface area contributed by atoms with Crippen LogP contribution < -0.4 is 5.32 Å². The predicted octanol–water partition coefficient (Wildman–Crippen LogP) is 17.5. The third-order valence-electron chi connectivity index (χ3n) is 13.2. The second-order valence-corrected chi connectivity index (χ2v) is 19.6. The number of esters is 1. The first-order chi connectivity index (χ1) is 31.5. The van der Waals surface area contributed by atoms with Crippen LogP contribution in [0.25, 0.3) is 0 Å². The lowest BCUT2D eigenvalue weighted by molar-refractivity contribution is -0.143. The van der Waals surface area contributed by atoms with E-state index in [9.17, 15) is 19.8 Å². The molecule has 0 fully saturated rings. The van der Waals surface area contributed by atoms with E-state index in [0.717, 1.165) is 44.9 Å². The van der Waals surface area contributed by atoms with E-state index < -0.39 is 12.1 Å². The van der Waals surface area contributed by atoms with E-state index in [0.29, 0.717) is 19.4 Å². The van der Waals surface area contributed by atoms with Crippen LogP contribution in [0, 0.1) is 0 Å². The van der Waals surface area contributed by atoms with Crippen molar-refractivity contribution in [2.45, 2.75) is 321 Å². The van der Waals surface area contributed by atoms with Gasteiger partial charge in [0.05, 0.1) is 25.4 Å². The maximum Gasteiger partial charge on any atom is 0.305 e. The number of carbonyl (C=O) groups is 2. The van der Waals surface area contributed by atoms with Crippen molar-refractivity contribution in [1.82, 2.24) is 5.32 Å². The van der Waals surface area contributed by atoms with Gasteiger partial charge in [-0.25, -0.2) is 0 Å². The van der Waals surface area contributed by atoms with Crippen molar-refractivity contribution in [2.75, 3.05) is 13.2 Å². The summed E-state index contributed by atoms with van der Waals surface area (Å²) in [5, 5.41) is 23.0. The van der Waals surface area contributed by atoms with Crippen LogP contribution in [0.2, 0.25) is 0 Å². The fourth-order valence-corrected chi connectivity index (χ4v) is 8.81. The van der Waals surface area contributed by atoms with Gasteiger partial charge in [-0.1, -0.05) is 263 Å². The topological polar surface area (TPSA) is 95.9 Å². The molecule has 0 aliphatic rings. The third-order valence-corrected chi connectivity index (χ3v) is 13.2. The minimum Gasteiger partial charge on any atom is -0.466 e. The van der Waals surface area contributed by atoms with Gasteiger partial charge in [0.2, 0.25) is 5.91 Å². The molecule has 6 heteroatoms. The van der Waals surface area contributed by atoms with Crippen molar-refractivity contribution in [3.05, 3.63) is 24.3 Å². The maximum absolute atomic E-state index is 12.4. The van der Waals surface area contributed by atoms with E-state index in [4.69, 9.17) is 4.74 Å². The number of aliphatic hydroxyl groups is 2. The number of ether oxygens (including phenoxy) is 1. The molecule has 64 heavy (non-hydrogen) atoms. The Balaban J connectivity index is 3.38. The molecule has 0 heterocycles. The molecule has 0 aromatic heterocycles. The Bertz CT molecular complexity index is 997. The first kappa shape index (κ1) is 62.3. The fraction of sp³-hybridized carbons (Fsp3) is 0.897. The molecule has 6 nitrogen and oxygen atoms in total. The van der Waals surface area contributed by atoms with Crippen molar-refractivity contribution < 1.29 is 24.5 Å². The Morgan fingerprint density at radius 3 is 1.11 bits per heavy atom. The Kier molecular flexibility index (Phi) is 52.6. The molecule has 0 aliphatic carbocycles. The number of allylic oxidation sites excluding steroid dienone is 3. The van der Waals surface area contributed by atoms with Crippen LogP contribution in [-0.4, -0.2) is 47.4 Å². The molecular formula is C58H111NO5. The Morgan fingerprint density at radius 1 is 0.422 bits per heavy atom. The van der Waals surface area contributed by atoms with Gasteiger partial charge in [0.25, 0.3) is 0 Å². The molecule has 3 N–H and O–H groups in total. The van der Waals surface area contributed by atoms with E-state index in [1.54, 1.807) is 6.08 Å². The fourth-order valence-electron chi connectivity index (χ4n) is 8.81. The van der Waals surface area contributed by atoms with Crippen LogP contribution in [0.5, 0.6) is 0 Å². The second-order valence-electron chi connectivity index (χ2n) is 19.6. The zero-order valence-electron chi connectivity index (χ0n) is 43.0. The summed E-state index contributed by atoms with van der Waals surface area (Å²) in [6.45, 7) is 4.88. The van der Waals surface area contributed by atoms with E-state index in [1.165, 1.54) is 238 Å². The van der Waals surface area contributed by atoms with Crippen molar-refractivity contribution in [3.63, 3.8) is 0 Å². The van der Waals surface area contributed by atoms with Crippen molar-refractivity contribution >= 4 is 11.9 Å². The lowest BCUT2D eigenvalue weighted by Crippen LogP contribution is -2.45. The summed E-state index contributed by atoms with van der Waals surface area (Å²) < 4.78 is 5.49. The number of nitrogens with one attached hydrogen (secondary N) is 1. The van der Waals surface area contributed by atoms with Gasteiger partial charge in [-0.3, -0.25) is 9.59 Å². The van der Waals surface area contributed by atoms with Crippen molar-refractivity contribution in [1.29, 1.82) is 0 Å². The number of unbranched alkanes of at least 4 members (excludes halogenated alkanes) is 40. The molecule has 0 saturated heterocycles. The van der Waals surface area contributed by atoms with Crippen molar-refractivity contribution in [3.8, 4) is 0 Å². The number of hydrogen-bond acceptors (Lipinski definition) is 5. The van der Waals surface area contributed by atoms with Gasteiger partial charge in [-0.2, -0.15) is 0 Å². The van der Waals surface area contributed by atoms with Gasteiger partial charge in [-0.05, 0) is 57.8 Å². The zero-order chi connectivity index (χ0) is 46.5. The number of hydrogen-bond donors (Lipinski definition) is 3. The number of amides is 1. The lowest BCUT2D eigenvalue weighted by atomic mass is 10.0. The summed E-state index contributed by atoms with van der Waals surface area (Å²) in [6.07, 6.45) is 64.9. The molecule has 0 radical (unpaired) electrons. The highest BCUT2D eigenvalue weighted by atomic mass is 16.5. The summed E-state index contributed by atoms with van der Waals surface area (Å²) >= 11 is 0. The van der Waals surface area contributed by atoms with Crippen LogP contribution in [0.15, 0.2) is 24.3 Å². The molecule has 0 aliphatic heterocycles. The Hall–Kier alpha value is -1.66. The molecule has 0 spiro atoms. The average molecular weight is 903 g/mol. The van der Waals surface area contributed by atoms with Gasteiger partial charge in [0, 0.05) is 12.8 Å². The van der Waals surface area contributed by atoms with Crippen LogP contribution in [-0.2, 0) is 14.3 Å². The summed E-state index contributed by atoms with van der Waals surface area (Å²) in [6, 6.07) is -0.629. The highest BCUT2D eigenvalue weighted by Gasteiger charge is 2.18.